The Morgan fingerprint density at radius 3 is 2.23 bits per heavy atom. The van der Waals surface area contributed by atoms with Gasteiger partial charge in [-0.3, -0.25) is 9.59 Å². The Morgan fingerprint density at radius 1 is 0.875 bits per heavy atom. The number of benzene rings is 3. The predicted molar refractivity (Wildman–Crippen MR) is 156 cm³/mol. The summed E-state index contributed by atoms with van der Waals surface area (Å²) in [5.41, 5.74) is 2.79. The smallest absolute Gasteiger partial charge is 0.251 e. The summed E-state index contributed by atoms with van der Waals surface area (Å²) < 4.78 is 7.14. The summed E-state index contributed by atoms with van der Waals surface area (Å²) in [4.78, 5) is 30.0. The molecule has 1 N–H and O–H groups in total. The van der Waals surface area contributed by atoms with Crippen LogP contribution in [0.15, 0.2) is 90.1 Å². The Kier molecular flexibility index (Phi) is 8.97. The van der Waals surface area contributed by atoms with Crippen LogP contribution in [0.3, 0.4) is 0 Å². The van der Waals surface area contributed by atoms with Crippen LogP contribution in [0, 0.1) is 0 Å². The minimum atomic E-state index is -0.212. The number of rotatable bonds is 10. The summed E-state index contributed by atoms with van der Waals surface area (Å²) in [6, 6.07) is 27.2. The molecule has 0 spiro atoms. The van der Waals surface area contributed by atoms with Crippen molar-refractivity contribution in [3.8, 4) is 5.75 Å². The summed E-state index contributed by atoms with van der Waals surface area (Å²) in [5.74, 6) is 1.46. The molecular formula is C30H32N6O3S. The molecule has 0 bridgehead atoms. The third kappa shape index (κ3) is 6.81. The van der Waals surface area contributed by atoms with Crippen molar-refractivity contribution >= 4 is 29.3 Å². The molecule has 0 unspecified atom stereocenters. The van der Waals surface area contributed by atoms with Crippen LogP contribution in [-0.4, -0.2) is 70.5 Å². The van der Waals surface area contributed by atoms with Crippen molar-refractivity contribution in [3.63, 3.8) is 0 Å². The minimum absolute atomic E-state index is 0.0846. The fourth-order valence-electron chi connectivity index (χ4n) is 4.56. The Balaban J connectivity index is 1.22. The van der Waals surface area contributed by atoms with Crippen LogP contribution in [0.1, 0.15) is 21.7 Å². The van der Waals surface area contributed by atoms with E-state index in [0.717, 1.165) is 18.7 Å². The number of ether oxygens (including phenoxy) is 1. The summed E-state index contributed by atoms with van der Waals surface area (Å²) in [7, 11) is 1.59. The molecule has 0 radical (unpaired) electrons. The SMILES string of the molecule is COc1ccc(C(=O)NCc2nnc(SCC(=O)N3CCN(c4ccccc4)CC3)n2Cc2ccccc2)cc1. The molecule has 9 nitrogen and oxygen atoms in total. The number of carbonyl (C=O) groups is 2. The fraction of sp³-hybridized carbons (Fsp3) is 0.267. The molecule has 206 valence electrons. The highest BCUT2D eigenvalue weighted by Gasteiger charge is 2.23. The summed E-state index contributed by atoms with van der Waals surface area (Å²) in [5, 5.41) is 12.3. The average Bonchev–Trinajstić information content (AvgIpc) is 3.40. The molecule has 1 aliphatic heterocycles. The van der Waals surface area contributed by atoms with E-state index in [1.54, 1.807) is 31.4 Å². The molecule has 0 saturated carbocycles. The molecule has 40 heavy (non-hydrogen) atoms. The Hall–Kier alpha value is -4.31. The molecule has 0 aliphatic carbocycles. The number of methoxy groups -OCH3 is 1. The van der Waals surface area contributed by atoms with E-state index in [1.807, 2.05) is 58.0 Å². The van der Waals surface area contributed by atoms with Crippen molar-refractivity contribution < 1.29 is 14.3 Å². The molecule has 4 aromatic rings. The van der Waals surface area contributed by atoms with E-state index < -0.39 is 0 Å². The maximum Gasteiger partial charge on any atom is 0.251 e. The van der Waals surface area contributed by atoms with Crippen LogP contribution >= 0.6 is 11.8 Å². The van der Waals surface area contributed by atoms with Gasteiger partial charge in [-0.05, 0) is 42.0 Å². The van der Waals surface area contributed by atoms with Gasteiger partial charge in [0.25, 0.3) is 5.91 Å². The van der Waals surface area contributed by atoms with Crippen molar-refractivity contribution in [3.05, 3.63) is 102 Å². The average molecular weight is 557 g/mol. The zero-order valence-corrected chi connectivity index (χ0v) is 23.2. The van der Waals surface area contributed by atoms with E-state index in [0.29, 0.717) is 41.9 Å². The first kappa shape index (κ1) is 27.3. The maximum atomic E-state index is 13.1. The second kappa shape index (κ2) is 13.2. The molecule has 0 atom stereocenters. The largest absolute Gasteiger partial charge is 0.497 e. The molecule has 1 aromatic heterocycles. The van der Waals surface area contributed by atoms with Crippen molar-refractivity contribution in [1.29, 1.82) is 0 Å². The maximum absolute atomic E-state index is 13.1. The van der Waals surface area contributed by atoms with Gasteiger partial charge in [0.15, 0.2) is 11.0 Å². The molecule has 1 saturated heterocycles. The van der Waals surface area contributed by atoms with E-state index in [1.165, 1.54) is 17.4 Å². The number of anilines is 1. The summed E-state index contributed by atoms with van der Waals surface area (Å²) in [6.45, 7) is 3.74. The second-order valence-electron chi connectivity index (χ2n) is 9.37. The highest BCUT2D eigenvalue weighted by atomic mass is 32.2. The molecule has 1 fully saturated rings. The van der Waals surface area contributed by atoms with Gasteiger partial charge in [0.05, 0.1) is 26.0 Å². The minimum Gasteiger partial charge on any atom is -0.497 e. The molecule has 5 rings (SSSR count). The molecule has 10 heteroatoms. The zero-order valence-electron chi connectivity index (χ0n) is 22.4. The van der Waals surface area contributed by atoms with Gasteiger partial charge in [0.1, 0.15) is 5.75 Å². The Labute approximate surface area is 238 Å². The predicted octanol–water partition coefficient (Wildman–Crippen LogP) is 3.71. The van der Waals surface area contributed by atoms with E-state index in [4.69, 9.17) is 4.74 Å². The van der Waals surface area contributed by atoms with Crippen molar-refractivity contribution in [1.82, 2.24) is 25.0 Å². The van der Waals surface area contributed by atoms with Crippen LogP contribution in [0.5, 0.6) is 5.75 Å². The number of nitrogens with zero attached hydrogens (tertiary/aromatic N) is 5. The lowest BCUT2D eigenvalue weighted by Crippen LogP contribution is -2.49. The number of aromatic nitrogens is 3. The van der Waals surface area contributed by atoms with Crippen LogP contribution in [0.4, 0.5) is 5.69 Å². The summed E-state index contributed by atoms with van der Waals surface area (Å²) >= 11 is 1.38. The number of hydrogen-bond acceptors (Lipinski definition) is 7. The van der Waals surface area contributed by atoms with E-state index in [9.17, 15) is 9.59 Å². The van der Waals surface area contributed by atoms with E-state index in [-0.39, 0.29) is 24.1 Å². The Bertz CT molecular complexity index is 1400. The zero-order chi connectivity index (χ0) is 27.7. The van der Waals surface area contributed by atoms with Gasteiger partial charge >= 0.3 is 0 Å². The lowest BCUT2D eigenvalue weighted by molar-refractivity contribution is -0.128. The topological polar surface area (TPSA) is 92.6 Å². The van der Waals surface area contributed by atoms with Gasteiger partial charge in [0, 0.05) is 37.4 Å². The van der Waals surface area contributed by atoms with Gasteiger partial charge in [-0.2, -0.15) is 0 Å². The third-order valence-corrected chi connectivity index (χ3v) is 7.77. The van der Waals surface area contributed by atoms with Crippen LogP contribution in [0.25, 0.3) is 0 Å². The molecule has 1 aliphatic rings. The standard InChI is InChI=1S/C30H32N6O3S/c1-39-26-14-12-24(13-15-26)29(38)31-20-27-32-33-30(36(27)21-23-8-4-2-5-9-23)40-22-28(37)35-18-16-34(17-19-35)25-10-6-3-7-11-25/h2-15H,16-22H2,1H3,(H,31,38). The van der Waals surface area contributed by atoms with Crippen molar-refractivity contribution in [2.75, 3.05) is 43.9 Å². The summed E-state index contributed by atoms with van der Waals surface area (Å²) in [6.07, 6.45) is 0. The second-order valence-corrected chi connectivity index (χ2v) is 10.3. The highest BCUT2D eigenvalue weighted by Crippen LogP contribution is 2.21. The van der Waals surface area contributed by atoms with Crippen molar-refractivity contribution in [2.45, 2.75) is 18.2 Å². The number of carbonyl (C=O) groups excluding carboxylic acids is 2. The number of amides is 2. The molecule has 3 aromatic carbocycles. The van der Waals surface area contributed by atoms with Crippen molar-refractivity contribution in [2.24, 2.45) is 0 Å². The Morgan fingerprint density at radius 2 is 1.55 bits per heavy atom. The number of nitrogens with one attached hydrogen (secondary N) is 1. The number of para-hydroxylation sites is 1. The van der Waals surface area contributed by atoms with Gasteiger partial charge in [-0.15, -0.1) is 10.2 Å². The number of piperazine rings is 1. The highest BCUT2D eigenvalue weighted by molar-refractivity contribution is 7.99. The first-order valence-corrected chi connectivity index (χ1v) is 14.2. The molecule has 2 heterocycles. The first-order valence-electron chi connectivity index (χ1n) is 13.2. The van der Waals surface area contributed by atoms with Gasteiger partial charge < -0.3 is 24.4 Å². The van der Waals surface area contributed by atoms with Gasteiger partial charge in [-0.1, -0.05) is 60.3 Å². The van der Waals surface area contributed by atoms with Gasteiger partial charge in [-0.25, -0.2) is 0 Å². The fourth-order valence-corrected chi connectivity index (χ4v) is 5.42. The number of thioether (sulfide) groups is 1. The van der Waals surface area contributed by atoms with Gasteiger partial charge in [0.2, 0.25) is 5.91 Å². The lowest BCUT2D eigenvalue weighted by Gasteiger charge is -2.36. The molecular weight excluding hydrogens is 524 g/mol. The number of hydrogen-bond donors (Lipinski definition) is 1. The lowest BCUT2D eigenvalue weighted by atomic mass is 10.2. The normalized spacial score (nSPS) is 13.2. The van der Waals surface area contributed by atoms with Crippen LogP contribution in [-0.2, 0) is 17.9 Å². The monoisotopic (exact) mass is 556 g/mol. The van der Waals surface area contributed by atoms with Crippen LogP contribution in [0.2, 0.25) is 0 Å². The van der Waals surface area contributed by atoms with Crippen LogP contribution < -0.4 is 15.0 Å². The van der Waals surface area contributed by atoms with E-state index in [2.05, 4.69) is 32.5 Å². The molecule has 2 amide bonds. The third-order valence-electron chi connectivity index (χ3n) is 6.81. The quantitative estimate of drug-likeness (QED) is 0.298. The van der Waals surface area contributed by atoms with E-state index >= 15 is 0 Å². The first-order chi connectivity index (χ1) is 19.6.